The summed E-state index contributed by atoms with van der Waals surface area (Å²) in [6, 6.07) is 9.45. The normalized spacial score (nSPS) is 23.8. The summed E-state index contributed by atoms with van der Waals surface area (Å²) in [6.45, 7) is 5.83. The molecule has 124 valence electrons. The molecule has 7 heteroatoms. The van der Waals surface area contributed by atoms with E-state index in [4.69, 9.17) is 10.1 Å². The van der Waals surface area contributed by atoms with Crippen molar-refractivity contribution in [2.24, 2.45) is 5.92 Å². The fourth-order valence-electron chi connectivity index (χ4n) is 3.92. The summed E-state index contributed by atoms with van der Waals surface area (Å²) in [6.07, 6.45) is 1.64. The van der Waals surface area contributed by atoms with E-state index in [0.29, 0.717) is 29.1 Å². The van der Waals surface area contributed by atoms with Gasteiger partial charge in [0.25, 0.3) is 0 Å². The zero-order valence-electron chi connectivity index (χ0n) is 13.5. The van der Waals surface area contributed by atoms with Crippen LogP contribution in [-0.4, -0.2) is 28.5 Å². The number of ether oxygens (including phenoxy) is 1. The van der Waals surface area contributed by atoms with E-state index in [1.54, 1.807) is 17.9 Å². The number of hydrogen-bond donors (Lipinski definition) is 2. The van der Waals surface area contributed by atoms with Gasteiger partial charge < -0.3 is 9.64 Å². The molecule has 4 rings (SSSR count). The lowest BCUT2D eigenvalue weighted by molar-refractivity contribution is -0.122. The minimum Gasteiger partial charge on any atom is -0.422 e. The molecular formula is C18H15N5O2. The second kappa shape index (κ2) is 5.05. The lowest BCUT2D eigenvalue weighted by Crippen LogP contribution is -2.52. The van der Waals surface area contributed by atoms with Crippen LogP contribution < -0.4 is 9.64 Å². The molecule has 0 fully saturated rings. The van der Waals surface area contributed by atoms with Crippen LogP contribution in [0.4, 0.5) is 5.69 Å². The van der Waals surface area contributed by atoms with Gasteiger partial charge >= 0.3 is 0 Å². The Bertz CT molecular complexity index is 970. The quantitative estimate of drug-likeness (QED) is 0.820. The number of carbonyl (C=O) groups excluding carboxylic acids is 1. The molecule has 1 spiro atoms. The maximum absolute atomic E-state index is 13.6. The highest BCUT2D eigenvalue weighted by atomic mass is 16.5. The third-order valence-corrected chi connectivity index (χ3v) is 4.85. The first-order chi connectivity index (χ1) is 12.1. The molecule has 0 saturated carbocycles. The molecule has 2 aromatic rings. The molecule has 2 unspecified atom stereocenters. The molecule has 0 aliphatic carbocycles. The Balaban J connectivity index is 2.13. The van der Waals surface area contributed by atoms with Crippen LogP contribution in [-0.2, 0) is 10.2 Å². The van der Waals surface area contributed by atoms with Gasteiger partial charge in [-0.25, -0.2) is 0 Å². The molecule has 3 heterocycles. The molecule has 25 heavy (non-hydrogen) atoms. The van der Waals surface area contributed by atoms with Gasteiger partial charge in [0.15, 0.2) is 0 Å². The van der Waals surface area contributed by atoms with Crippen LogP contribution in [0.25, 0.3) is 0 Å². The molecular weight excluding hydrogens is 318 g/mol. The molecule has 2 aliphatic rings. The maximum Gasteiger partial charge on any atom is 0.244 e. The number of para-hydroxylation sites is 1. The molecule has 0 radical (unpaired) electrons. The number of aryl methyl sites for hydroxylation is 1. The summed E-state index contributed by atoms with van der Waals surface area (Å²) in [4.78, 5) is 15.2. The van der Waals surface area contributed by atoms with Gasteiger partial charge in [-0.1, -0.05) is 24.3 Å². The molecule has 1 aromatic heterocycles. The van der Waals surface area contributed by atoms with Gasteiger partial charge in [0.2, 0.25) is 17.7 Å². The van der Waals surface area contributed by atoms with E-state index in [9.17, 15) is 10.1 Å². The van der Waals surface area contributed by atoms with Gasteiger partial charge in [-0.2, -0.15) is 5.26 Å². The minimum absolute atomic E-state index is 0.178. The molecule has 2 aliphatic heterocycles. The van der Waals surface area contributed by atoms with E-state index in [0.717, 1.165) is 0 Å². The van der Waals surface area contributed by atoms with Crippen LogP contribution in [0.2, 0.25) is 0 Å². The van der Waals surface area contributed by atoms with E-state index in [2.05, 4.69) is 22.8 Å². The van der Waals surface area contributed by atoms with Gasteiger partial charge in [-0.15, -0.1) is 11.7 Å². The number of benzene rings is 1. The predicted molar refractivity (Wildman–Crippen MR) is 90.6 cm³/mol. The number of amides is 1. The first kappa shape index (κ1) is 15.1. The zero-order chi connectivity index (χ0) is 17.8. The number of nitrogens with zero attached hydrogens (tertiary/aromatic N) is 3. The lowest BCUT2D eigenvalue weighted by Gasteiger charge is -2.36. The fraction of sp³-hybridized carbons (Fsp3) is 0.222. The van der Waals surface area contributed by atoms with Crippen LogP contribution >= 0.6 is 0 Å². The SMILES string of the molecule is C=CCN1C(=O)C2(c3ccccc31)c1c(n[nH]c1C)OC(=N)C2C#N. The van der Waals surface area contributed by atoms with Gasteiger partial charge in [0.05, 0.1) is 11.6 Å². The smallest absolute Gasteiger partial charge is 0.244 e. The van der Waals surface area contributed by atoms with Crippen molar-refractivity contribution in [1.29, 1.82) is 10.7 Å². The van der Waals surface area contributed by atoms with Gasteiger partial charge in [0.1, 0.15) is 11.3 Å². The highest BCUT2D eigenvalue weighted by Gasteiger charge is 2.63. The molecule has 2 N–H and O–H groups in total. The first-order valence-corrected chi connectivity index (χ1v) is 7.81. The topological polar surface area (TPSA) is 106 Å². The van der Waals surface area contributed by atoms with Crippen molar-refractivity contribution in [2.75, 3.05) is 11.4 Å². The Morgan fingerprint density at radius 3 is 3.04 bits per heavy atom. The highest BCUT2D eigenvalue weighted by Crippen LogP contribution is 2.55. The van der Waals surface area contributed by atoms with Crippen molar-refractivity contribution in [1.82, 2.24) is 10.2 Å². The van der Waals surface area contributed by atoms with Crippen LogP contribution in [0.1, 0.15) is 16.8 Å². The van der Waals surface area contributed by atoms with Crippen molar-refractivity contribution >= 4 is 17.5 Å². The number of hydrogen-bond acceptors (Lipinski definition) is 5. The van der Waals surface area contributed by atoms with Crippen LogP contribution in [0.3, 0.4) is 0 Å². The van der Waals surface area contributed by atoms with E-state index >= 15 is 0 Å². The number of H-pyrrole nitrogens is 1. The summed E-state index contributed by atoms with van der Waals surface area (Å²) >= 11 is 0. The Morgan fingerprint density at radius 1 is 1.56 bits per heavy atom. The molecule has 0 bridgehead atoms. The standard InChI is InChI=1S/C18H15N5O2/c1-3-8-23-13-7-5-4-6-11(13)18(17(23)24)12(9-19)15(20)25-16-14(18)10(2)21-22-16/h3-7,12,20H,1,8H2,2H3,(H,21,22). The summed E-state index contributed by atoms with van der Waals surface area (Å²) in [5.74, 6) is -1.43. The van der Waals surface area contributed by atoms with Gasteiger partial charge in [-0.05, 0) is 18.6 Å². The average Bonchev–Trinajstić information content (AvgIpc) is 3.08. The summed E-state index contributed by atoms with van der Waals surface area (Å²) in [7, 11) is 0. The summed E-state index contributed by atoms with van der Waals surface area (Å²) in [5, 5.41) is 24.9. The third kappa shape index (κ3) is 1.66. The number of aromatic amines is 1. The second-order valence-electron chi connectivity index (χ2n) is 6.09. The third-order valence-electron chi connectivity index (χ3n) is 4.85. The average molecular weight is 333 g/mol. The van der Waals surface area contributed by atoms with Crippen LogP contribution in [0, 0.1) is 29.6 Å². The van der Waals surface area contributed by atoms with Crippen LogP contribution in [0.5, 0.6) is 5.88 Å². The highest BCUT2D eigenvalue weighted by molar-refractivity contribution is 6.15. The van der Waals surface area contributed by atoms with E-state index < -0.39 is 11.3 Å². The zero-order valence-corrected chi connectivity index (χ0v) is 13.5. The van der Waals surface area contributed by atoms with Crippen LogP contribution in [0.15, 0.2) is 36.9 Å². The Kier molecular flexibility index (Phi) is 3.06. The number of carbonyl (C=O) groups is 1. The largest absolute Gasteiger partial charge is 0.422 e. The Hall–Kier alpha value is -3.40. The predicted octanol–water partition coefficient (Wildman–Crippen LogP) is 2.05. The molecule has 2 atom stereocenters. The summed E-state index contributed by atoms with van der Waals surface area (Å²) < 4.78 is 5.43. The van der Waals surface area contributed by atoms with Crippen molar-refractivity contribution in [3.63, 3.8) is 0 Å². The molecule has 1 aromatic carbocycles. The number of aromatic nitrogens is 2. The Labute approximate surface area is 144 Å². The Morgan fingerprint density at radius 2 is 2.32 bits per heavy atom. The minimum atomic E-state index is -1.34. The number of anilines is 1. The van der Waals surface area contributed by atoms with Crippen molar-refractivity contribution in [3.05, 3.63) is 53.7 Å². The number of rotatable bonds is 2. The maximum atomic E-state index is 13.6. The monoisotopic (exact) mass is 333 g/mol. The second-order valence-corrected chi connectivity index (χ2v) is 6.09. The van der Waals surface area contributed by atoms with E-state index in [1.807, 2.05) is 24.3 Å². The molecule has 7 nitrogen and oxygen atoms in total. The first-order valence-electron chi connectivity index (χ1n) is 7.81. The van der Waals surface area contributed by atoms with Gasteiger partial charge in [-0.3, -0.25) is 15.3 Å². The molecule has 0 saturated heterocycles. The lowest BCUT2D eigenvalue weighted by atomic mass is 9.65. The van der Waals surface area contributed by atoms with Crippen molar-refractivity contribution in [3.8, 4) is 11.9 Å². The number of fused-ring (bicyclic) bond motifs is 4. The van der Waals surface area contributed by atoms with E-state index in [1.165, 1.54) is 0 Å². The van der Waals surface area contributed by atoms with Crippen molar-refractivity contribution in [2.45, 2.75) is 12.3 Å². The van der Waals surface area contributed by atoms with Crippen molar-refractivity contribution < 1.29 is 9.53 Å². The van der Waals surface area contributed by atoms with E-state index in [-0.39, 0.29) is 17.7 Å². The fourth-order valence-corrected chi connectivity index (χ4v) is 3.92. The number of nitriles is 1. The van der Waals surface area contributed by atoms with Gasteiger partial charge in [0, 0.05) is 17.9 Å². The molecule has 1 amide bonds. The number of nitrogens with one attached hydrogen (secondary N) is 2. The summed E-state index contributed by atoms with van der Waals surface area (Å²) in [5.41, 5.74) is 1.24.